The van der Waals surface area contributed by atoms with Crippen LogP contribution in [0, 0.1) is 0 Å². The molecule has 0 aliphatic heterocycles. The Bertz CT molecular complexity index is 3610. The highest BCUT2D eigenvalue weighted by Crippen LogP contribution is 2.39. The van der Waals surface area contributed by atoms with Crippen LogP contribution in [0.1, 0.15) is 0 Å². The molecule has 0 aliphatic carbocycles. The van der Waals surface area contributed by atoms with E-state index in [1.54, 1.807) is 0 Å². The molecule has 0 atom stereocenters. The fraction of sp³-hybridized carbons (Fsp3) is 0. The highest BCUT2D eigenvalue weighted by molar-refractivity contribution is 6.13. The minimum absolute atomic E-state index is 0.605. The smallest absolute Gasteiger partial charge is 0.166 e. The fourth-order valence-corrected chi connectivity index (χ4v) is 9.09. The van der Waals surface area contributed by atoms with Gasteiger partial charge in [0.2, 0.25) is 0 Å². The predicted molar refractivity (Wildman–Crippen MR) is 256 cm³/mol. The molecule has 9 aromatic carbocycles. The minimum Gasteiger partial charge on any atom is -0.309 e. The van der Waals surface area contributed by atoms with Crippen molar-refractivity contribution in [3.8, 4) is 67.8 Å². The monoisotopic (exact) mass is 791 g/mol. The van der Waals surface area contributed by atoms with E-state index in [2.05, 4.69) is 228 Å². The van der Waals surface area contributed by atoms with Gasteiger partial charge in [-0.25, -0.2) is 15.0 Å². The number of fused-ring (bicyclic) bond motifs is 6. The molecule has 3 heterocycles. The van der Waals surface area contributed by atoms with Gasteiger partial charge in [-0.1, -0.05) is 170 Å². The van der Waals surface area contributed by atoms with Crippen LogP contribution in [0.25, 0.3) is 111 Å². The topological polar surface area (TPSA) is 48.5 Å². The molecular formula is C57H37N5. The quantitative estimate of drug-likeness (QED) is 0.162. The molecular weight excluding hydrogens is 755 g/mol. The molecule has 0 saturated carbocycles. The van der Waals surface area contributed by atoms with Crippen LogP contribution in [0.4, 0.5) is 0 Å². The summed E-state index contributed by atoms with van der Waals surface area (Å²) >= 11 is 0. The van der Waals surface area contributed by atoms with E-state index in [1.807, 2.05) is 6.07 Å². The summed E-state index contributed by atoms with van der Waals surface area (Å²) < 4.78 is 4.68. The second-order valence-corrected chi connectivity index (χ2v) is 15.6. The Balaban J connectivity index is 1.08. The lowest BCUT2D eigenvalue weighted by Gasteiger charge is -2.13. The van der Waals surface area contributed by atoms with E-state index in [0.717, 1.165) is 66.6 Å². The maximum atomic E-state index is 5.39. The van der Waals surface area contributed by atoms with Gasteiger partial charge in [0.15, 0.2) is 17.5 Å². The lowest BCUT2D eigenvalue weighted by molar-refractivity contribution is 1.07. The zero-order valence-corrected chi connectivity index (χ0v) is 33.6. The number of rotatable bonds is 7. The van der Waals surface area contributed by atoms with Crippen molar-refractivity contribution in [1.82, 2.24) is 24.1 Å². The van der Waals surface area contributed by atoms with Crippen LogP contribution in [-0.2, 0) is 0 Å². The van der Waals surface area contributed by atoms with E-state index >= 15 is 0 Å². The van der Waals surface area contributed by atoms with Crippen molar-refractivity contribution in [2.24, 2.45) is 0 Å². The van der Waals surface area contributed by atoms with Crippen molar-refractivity contribution in [3.05, 3.63) is 224 Å². The summed E-state index contributed by atoms with van der Waals surface area (Å²) in [5.74, 6) is 1.82. The molecule has 0 unspecified atom stereocenters. The zero-order chi connectivity index (χ0) is 41.0. The molecule has 0 N–H and O–H groups in total. The minimum atomic E-state index is 0.605. The van der Waals surface area contributed by atoms with Crippen LogP contribution in [0.3, 0.4) is 0 Å². The number of nitrogens with zero attached hydrogens (tertiary/aromatic N) is 5. The van der Waals surface area contributed by atoms with Crippen LogP contribution in [-0.4, -0.2) is 24.1 Å². The molecule has 0 spiro atoms. The Morgan fingerprint density at radius 1 is 0.258 bits per heavy atom. The average Bonchev–Trinajstić information content (AvgIpc) is 3.87. The van der Waals surface area contributed by atoms with Crippen LogP contribution >= 0.6 is 0 Å². The van der Waals surface area contributed by atoms with Gasteiger partial charge in [-0.05, 0) is 76.9 Å². The Hall–Kier alpha value is -8.41. The summed E-state index contributed by atoms with van der Waals surface area (Å²) in [7, 11) is 0. The van der Waals surface area contributed by atoms with E-state index in [0.29, 0.717) is 17.5 Å². The van der Waals surface area contributed by atoms with Gasteiger partial charge in [0, 0.05) is 49.6 Å². The lowest BCUT2D eigenvalue weighted by Crippen LogP contribution is -2.02. The van der Waals surface area contributed by atoms with Crippen molar-refractivity contribution in [3.63, 3.8) is 0 Å². The molecule has 3 aromatic heterocycles. The van der Waals surface area contributed by atoms with Crippen LogP contribution in [0.2, 0.25) is 0 Å². The molecule has 0 radical (unpaired) electrons. The van der Waals surface area contributed by atoms with Crippen molar-refractivity contribution in [2.45, 2.75) is 0 Å². The molecule has 0 bridgehead atoms. The van der Waals surface area contributed by atoms with Crippen LogP contribution in [0.15, 0.2) is 224 Å². The van der Waals surface area contributed by atoms with Gasteiger partial charge in [0.25, 0.3) is 0 Å². The van der Waals surface area contributed by atoms with Gasteiger partial charge in [-0.3, -0.25) is 0 Å². The first kappa shape index (κ1) is 35.5. The summed E-state index contributed by atoms with van der Waals surface area (Å²) in [6.45, 7) is 0. The normalized spacial score (nSPS) is 11.5. The molecule has 0 saturated heterocycles. The molecule has 5 heteroatoms. The van der Waals surface area contributed by atoms with Crippen molar-refractivity contribution in [2.75, 3.05) is 0 Å². The fourth-order valence-electron chi connectivity index (χ4n) is 9.09. The summed E-state index contributed by atoms with van der Waals surface area (Å²) in [4.78, 5) is 16.1. The standard InChI is InChI=1S/C57H37N5/c1-4-16-38(17-5-1)39-30-32-40(33-31-39)41-18-14-19-42(36-41)55-58-56(43-34-35-48-46-24-10-12-28-51(46)61(53(48)37-43)44-20-6-2-7-21-44)60-57(59-55)50-27-15-26-49-47-25-11-13-29-52(47)62(54(49)50)45-22-8-3-9-23-45/h1-37H. The van der Waals surface area contributed by atoms with Gasteiger partial charge >= 0.3 is 0 Å². The Morgan fingerprint density at radius 2 is 0.694 bits per heavy atom. The summed E-state index contributed by atoms with van der Waals surface area (Å²) in [6, 6.07) is 79.2. The second-order valence-electron chi connectivity index (χ2n) is 15.6. The maximum Gasteiger partial charge on any atom is 0.166 e. The summed E-state index contributed by atoms with van der Waals surface area (Å²) in [5.41, 5.74) is 13.9. The van der Waals surface area contributed by atoms with Gasteiger partial charge in [0.05, 0.1) is 22.1 Å². The molecule has 5 nitrogen and oxygen atoms in total. The van der Waals surface area contributed by atoms with Crippen LogP contribution in [0.5, 0.6) is 0 Å². The van der Waals surface area contributed by atoms with E-state index in [-0.39, 0.29) is 0 Å². The van der Waals surface area contributed by atoms with E-state index in [4.69, 9.17) is 15.0 Å². The number of hydrogen-bond acceptors (Lipinski definition) is 3. The second kappa shape index (κ2) is 14.7. The Morgan fingerprint density at radius 3 is 1.39 bits per heavy atom. The zero-order valence-electron chi connectivity index (χ0n) is 33.6. The first-order valence-corrected chi connectivity index (χ1v) is 20.9. The van der Waals surface area contributed by atoms with Gasteiger partial charge < -0.3 is 9.13 Å². The molecule has 0 fully saturated rings. The maximum absolute atomic E-state index is 5.39. The molecule has 62 heavy (non-hydrogen) atoms. The number of para-hydroxylation sites is 5. The highest BCUT2D eigenvalue weighted by Gasteiger charge is 2.21. The number of aromatic nitrogens is 5. The predicted octanol–water partition coefficient (Wildman–Crippen LogP) is 14.4. The summed E-state index contributed by atoms with van der Waals surface area (Å²) in [6.07, 6.45) is 0. The molecule has 0 amide bonds. The van der Waals surface area contributed by atoms with Gasteiger partial charge in [-0.2, -0.15) is 0 Å². The largest absolute Gasteiger partial charge is 0.309 e. The van der Waals surface area contributed by atoms with Gasteiger partial charge in [-0.15, -0.1) is 0 Å². The third-order valence-corrected chi connectivity index (χ3v) is 12.0. The van der Waals surface area contributed by atoms with Crippen molar-refractivity contribution >= 4 is 43.6 Å². The number of hydrogen-bond donors (Lipinski definition) is 0. The Kier molecular flexibility index (Phi) is 8.42. The molecule has 12 aromatic rings. The van der Waals surface area contributed by atoms with Crippen molar-refractivity contribution < 1.29 is 0 Å². The average molecular weight is 792 g/mol. The van der Waals surface area contributed by atoms with Gasteiger partial charge in [0.1, 0.15) is 0 Å². The third kappa shape index (κ3) is 5.98. The first-order chi connectivity index (χ1) is 30.7. The van der Waals surface area contributed by atoms with E-state index in [1.165, 1.54) is 27.3 Å². The number of benzene rings is 9. The van der Waals surface area contributed by atoms with Crippen LogP contribution < -0.4 is 0 Å². The lowest BCUT2D eigenvalue weighted by atomic mass is 9.99. The van der Waals surface area contributed by atoms with Crippen molar-refractivity contribution in [1.29, 1.82) is 0 Å². The molecule has 0 aliphatic rings. The van der Waals surface area contributed by atoms with E-state index < -0.39 is 0 Å². The third-order valence-electron chi connectivity index (χ3n) is 12.0. The highest BCUT2D eigenvalue weighted by atomic mass is 15.1. The SMILES string of the molecule is c1ccc(-c2ccc(-c3cccc(-c4nc(-c5ccc6c7ccccc7n(-c7ccccc7)c6c5)nc(-c5cccc6c7ccccc7n(-c7ccccc7)c56)n4)c3)cc2)cc1. The summed E-state index contributed by atoms with van der Waals surface area (Å²) in [5, 5.41) is 4.68. The first-order valence-electron chi connectivity index (χ1n) is 20.9. The molecule has 290 valence electrons. The van der Waals surface area contributed by atoms with E-state index in [9.17, 15) is 0 Å². The Labute approximate surface area is 358 Å². The molecule has 12 rings (SSSR count).